The molecular weight excluding hydrogens is 434 g/mol. The van der Waals surface area contributed by atoms with Gasteiger partial charge in [-0.1, -0.05) is 30.3 Å². The van der Waals surface area contributed by atoms with Crippen molar-refractivity contribution in [2.24, 2.45) is 0 Å². The number of fused-ring (bicyclic) bond motifs is 3. The van der Waals surface area contributed by atoms with E-state index >= 15 is 0 Å². The summed E-state index contributed by atoms with van der Waals surface area (Å²) in [5, 5.41) is 13.7. The van der Waals surface area contributed by atoms with E-state index in [-0.39, 0.29) is 30.9 Å². The monoisotopic (exact) mass is 465 g/mol. The molecule has 0 saturated carbocycles. The second-order valence-electron chi connectivity index (χ2n) is 9.35. The van der Waals surface area contributed by atoms with Gasteiger partial charge in [-0.05, 0) is 51.2 Å². The number of ether oxygens (including phenoxy) is 2. The van der Waals surface area contributed by atoms with Crippen LogP contribution in [0.3, 0.4) is 0 Å². The van der Waals surface area contributed by atoms with E-state index in [1.54, 1.807) is 19.2 Å². The van der Waals surface area contributed by atoms with Gasteiger partial charge < -0.3 is 24.3 Å². The minimum atomic E-state index is -0.791. The van der Waals surface area contributed by atoms with Gasteiger partial charge in [0.2, 0.25) is 5.91 Å². The van der Waals surface area contributed by atoms with E-state index < -0.39 is 11.7 Å². The molecule has 1 amide bonds. The number of aryl methyl sites for hydroxylation is 2. The molecule has 4 rings (SSSR count). The molecule has 3 aromatic rings. The number of amides is 1. The van der Waals surface area contributed by atoms with Gasteiger partial charge in [0.15, 0.2) is 0 Å². The van der Waals surface area contributed by atoms with Gasteiger partial charge in [0.25, 0.3) is 0 Å². The molecule has 2 aromatic carbocycles. The van der Waals surface area contributed by atoms with Crippen molar-refractivity contribution in [2.45, 2.75) is 58.2 Å². The number of carbonyl (C=O) groups is 1. The van der Waals surface area contributed by atoms with E-state index in [1.807, 2.05) is 45.0 Å². The third-order valence-electron chi connectivity index (χ3n) is 6.44. The molecule has 2 N–H and O–H groups in total. The molecule has 7 heteroatoms. The Labute approximate surface area is 198 Å². The van der Waals surface area contributed by atoms with Gasteiger partial charge >= 0.3 is 5.63 Å². The Morgan fingerprint density at radius 1 is 1.26 bits per heavy atom. The minimum Gasteiger partial charge on any atom is -0.496 e. The quantitative estimate of drug-likeness (QED) is 0.512. The Morgan fingerprint density at radius 2 is 2.00 bits per heavy atom. The topological polar surface area (TPSA) is 98.0 Å². The molecule has 1 atom stereocenters. The molecule has 0 aliphatic carbocycles. The Hall–Kier alpha value is -3.32. The number of carbonyl (C=O) groups excluding carboxylic acids is 1. The fourth-order valence-corrected chi connectivity index (χ4v) is 4.46. The fraction of sp³-hybridized carbons (Fsp3) is 0.407. The summed E-state index contributed by atoms with van der Waals surface area (Å²) in [7, 11) is 1.57. The summed E-state index contributed by atoms with van der Waals surface area (Å²) in [6.45, 7) is 6.01. The highest BCUT2D eigenvalue weighted by Gasteiger charge is 2.31. The molecule has 2 heterocycles. The van der Waals surface area contributed by atoms with Crippen LogP contribution in [-0.4, -0.2) is 30.3 Å². The number of aliphatic hydroxyl groups excluding tert-OH is 1. The maximum atomic E-state index is 12.9. The van der Waals surface area contributed by atoms with Gasteiger partial charge in [-0.3, -0.25) is 4.79 Å². The van der Waals surface area contributed by atoms with Crippen LogP contribution in [0.4, 0.5) is 0 Å². The zero-order valence-electron chi connectivity index (χ0n) is 20.1. The van der Waals surface area contributed by atoms with Gasteiger partial charge in [-0.15, -0.1) is 0 Å². The summed E-state index contributed by atoms with van der Waals surface area (Å²) in [5.74, 6) is 0.999. The second-order valence-corrected chi connectivity index (χ2v) is 9.35. The largest absolute Gasteiger partial charge is 0.496 e. The maximum Gasteiger partial charge on any atom is 0.339 e. The molecule has 0 spiro atoms. The molecular formula is C27H31NO6. The van der Waals surface area contributed by atoms with Crippen LogP contribution in [0, 0.1) is 6.92 Å². The third-order valence-corrected chi connectivity index (χ3v) is 6.44. The second kappa shape index (κ2) is 9.50. The van der Waals surface area contributed by atoms with Crippen LogP contribution in [0.1, 0.15) is 55.0 Å². The molecule has 0 radical (unpaired) electrons. The average Bonchev–Trinajstić information content (AvgIpc) is 2.81. The minimum absolute atomic E-state index is 0.100. The fourth-order valence-electron chi connectivity index (χ4n) is 4.46. The van der Waals surface area contributed by atoms with E-state index in [9.17, 15) is 14.7 Å². The standard InChI is InChI=1S/C27H31NO6/c1-16-18(10-11-23(30)28-15-20(29)17-8-6-5-7-9-17)26(31)33-25-19-12-13-27(2,3)34-21(19)14-22(32-4)24(16)25/h5-9,14,20,29H,10-13,15H2,1-4H3,(H,28,30)/t20-/m0/s1. The van der Waals surface area contributed by atoms with E-state index in [0.717, 1.165) is 34.9 Å². The van der Waals surface area contributed by atoms with Gasteiger partial charge in [-0.2, -0.15) is 0 Å². The number of hydrogen-bond acceptors (Lipinski definition) is 6. The summed E-state index contributed by atoms with van der Waals surface area (Å²) in [5.41, 5.74) is 2.53. The van der Waals surface area contributed by atoms with Crippen molar-refractivity contribution in [2.75, 3.05) is 13.7 Å². The molecule has 0 saturated heterocycles. The van der Waals surface area contributed by atoms with Gasteiger partial charge in [0.1, 0.15) is 22.7 Å². The summed E-state index contributed by atoms with van der Waals surface area (Å²) in [6, 6.07) is 11.0. The highest BCUT2D eigenvalue weighted by molar-refractivity contribution is 5.92. The van der Waals surface area contributed by atoms with Crippen molar-refractivity contribution in [1.82, 2.24) is 5.32 Å². The molecule has 1 aromatic heterocycles. The lowest BCUT2D eigenvalue weighted by atomic mass is 9.91. The van der Waals surface area contributed by atoms with E-state index in [1.165, 1.54) is 0 Å². The van der Waals surface area contributed by atoms with E-state index in [2.05, 4.69) is 5.32 Å². The van der Waals surface area contributed by atoms with E-state index in [4.69, 9.17) is 13.9 Å². The predicted octanol–water partition coefficient (Wildman–Crippen LogP) is 4.00. The normalized spacial score (nSPS) is 15.3. The highest BCUT2D eigenvalue weighted by atomic mass is 16.5. The van der Waals surface area contributed by atoms with Crippen molar-refractivity contribution < 1.29 is 23.8 Å². The van der Waals surface area contributed by atoms with Crippen molar-refractivity contribution in [3.05, 3.63) is 69.1 Å². The van der Waals surface area contributed by atoms with Gasteiger partial charge in [0.05, 0.1) is 18.6 Å². The Kier molecular flexibility index (Phi) is 6.66. The van der Waals surface area contributed by atoms with Crippen molar-refractivity contribution in [3.63, 3.8) is 0 Å². The number of rotatable bonds is 7. The summed E-state index contributed by atoms with van der Waals surface area (Å²) >= 11 is 0. The van der Waals surface area contributed by atoms with Crippen LogP contribution >= 0.6 is 0 Å². The SMILES string of the molecule is COc1cc2c(c3oc(=O)c(CCC(=O)NC[C@H](O)c4ccccc4)c(C)c13)CCC(C)(C)O2. The lowest BCUT2D eigenvalue weighted by Crippen LogP contribution is -2.32. The number of methoxy groups -OCH3 is 1. The Morgan fingerprint density at radius 3 is 2.71 bits per heavy atom. The van der Waals surface area contributed by atoms with Crippen molar-refractivity contribution in [1.29, 1.82) is 0 Å². The first kappa shape index (κ1) is 23.8. The number of benzene rings is 2. The molecule has 0 unspecified atom stereocenters. The van der Waals surface area contributed by atoms with Crippen LogP contribution in [0.2, 0.25) is 0 Å². The highest BCUT2D eigenvalue weighted by Crippen LogP contribution is 2.43. The zero-order chi connectivity index (χ0) is 24.5. The molecule has 7 nitrogen and oxygen atoms in total. The van der Waals surface area contributed by atoms with Crippen LogP contribution < -0.4 is 20.4 Å². The first-order valence-electron chi connectivity index (χ1n) is 11.5. The first-order valence-corrected chi connectivity index (χ1v) is 11.5. The molecule has 34 heavy (non-hydrogen) atoms. The van der Waals surface area contributed by atoms with Crippen LogP contribution in [0.25, 0.3) is 11.0 Å². The number of hydrogen-bond donors (Lipinski definition) is 2. The average molecular weight is 466 g/mol. The third kappa shape index (κ3) is 4.80. The first-order chi connectivity index (χ1) is 16.2. The summed E-state index contributed by atoms with van der Waals surface area (Å²) < 4.78 is 17.5. The molecule has 0 bridgehead atoms. The maximum absolute atomic E-state index is 12.9. The van der Waals surface area contributed by atoms with Gasteiger partial charge in [-0.25, -0.2) is 4.79 Å². The smallest absolute Gasteiger partial charge is 0.339 e. The van der Waals surface area contributed by atoms with Crippen LogP contribution in [0.5, 0.6) is 11.5 Å². The van der Waals surface area contributed by atoms with Crippen LogP contribution in [-0.2, 0) is 17.6 Å². The molecule has 1 aliphatic heterocycles. The Bertz CT molecular complexity index is 1260. The molecule has 1 aliphatic rings. The number of nitrogens with one attached hydrogen (secondary N) is 1. The van der Waals surface area contributed by atoms with E-state index in [0.29, 0.717) is 22.6 Å². The zero-order valence-corrected chi connectivity index (χ0v) is 20.1. The van der Waals surface area contributed by atoms with Crippen molar-refractivity contribution in [3.8, 4) is 11.5 Å². The lowest BCUT2D eigenvalue weighted by Gasteiger charge is -2.33. The molecule has 180 valence electrons. The molecule has 0 fully saturated rings. The Balaban J connectivity index is 1.54. The van der Waals surface area contributed by atoms with Gasteiger partial charge in [0, 0.05) is 30.2 Å². The van der Waals surface area contributed by atoms with Crippen LogP contribution in [0.15, 0.2) is 45.6 Å². The van der Waals surface area contributed by atoms with Crippen molar-refractivity contribution >= 4 is 16.9 Å². The lowest BCUT2D eigenvalue weighted by molar-refractivity contribution is -0.121. The summed E-state index contributed by atoms with van der Waals surface area (Å²) in [6.07, 6.45) is 1.07. The number of aliphatic hydroxyl groups is 1. The predicted molar refractivity (Wildman–Crippen MR) is 130 cm³/mol. The summed E-state index contributed by atoms with van der Waals surface area (Å²) in [4.78, 5) is 25.3.